The Kier molecular flexibility index (Phi) is 5.69. The fraction of sp³-hybridized carbons (Fsp3) is 0.385. The van der Waals surface area contributed by atoms with E-state index in [1.54, 1.807) is 6.07 Å². The number of terminal acetylenes is 1. The van der Waals surface area contributed by atoms with Gasteiger partial charge in [0.15, 0.2) is 0 Å². The van der Waals surface area contributed by atoms with Crippen molar-refractivity contribution in [2.24, 2.45) is 0 Å². The maximum absolute atomic E-state index is 6.15. The highest BCUT2D eigenvalue weighted by molar-refractivity contribution is 6.35. The molecule has 1 unspecified atom stereocenters. The fourth-order valence-corrected chi connectivity index (χ4v) is 2.12. The molecule has 0 aliphatic rings. The molecule has 1 nitrogen and oxygen atoms in total. The van der Waals surface area contributed by atoms with Gasteiger partial charge in [0.2, 0.25) is 0 Å². The Labute approximate surface area is 107 Å². The first-order valence-corrected chi connectivity index (χ1v) is 6.06. The van der Waals surface area contributed by atoms with Crippen molar-refractivity contribution in [3.05, 3.63) is 33.8 Å². The lowest BCUT2D eigenvalue weighted by Gasteiger charge is -2.18. The summed E-state index contributed by atoms with van der Waals surface area (Å²) in [6.45, 7) is 2.91. The van der Waals surface area contributed by atoms with Crippen molar-refractivity contribution in [3.63, 3.8) is 0 Å². The average molecular weight is 256 g/mol. The molecule has 86 valence electrons. The number of halogens is 2. The van der Waals surface area contributed by atoms with Crippen LogP contribution in [0.3, 0.4) is 0 Å². The molecule has 1 atom stereocenters. The zero-order valence-electron chi connectivity index (χ0n) is 9.26. The first kappa shape index (κ1) is 13.4. The molecule has 0 aromatic heterocycles. The Morgan fingerprint density at radius 1 is 1.44 bits per heavy atom. The van der Waals surface area contributed by atoms with Crippen LogP contribution in [0.5, 0.6) is 0 Å². The molecule has 0 bridgehead atoms. The number of nitrogens with one attached hydrogen (secondary N) is 1. The van der Waals surface area contributed by atoms with Crippen LogP contribution in [0.25, 0.3) is 0 Å². The Bertz CT molecular complexity index is 382. The maximum Gasteiger partial charge on any atom is 0.0468 e. The summed E-state index contributed by atoms with van der Waals surface area (Å²) in [4.78, 5) is 0. The van der Waals surface area contributed by atoms with Crippen molar-refractivity contribution in [1.29, 1.82) is 0 Å². The van der Waals surface area contributed by atoms with E-state index in [4.69, 9.17) is 29.6 Å². The summed E-state index contributed by atoms with van der Waals surface area (Å²) in [5, 5.41) is 4.74. The summed E-state index contributed by atoms with van der Waals surface area (Å²) in [5.74, 6) is 2.61. The molecule has 3 heteroatoms. The van der Waals surface area contributed by atoms with E-state index < -0.39 is 0 Å². The zero-order chi connectivity index (χ0) is 12.0. The van der Waals surface area contributed by atoms with Crippen LogP contribution in [0.15, 0.2) is 18.2 Å². The predicted octanol–water partition coefficient (Wildman–Crippen LogP) is 4.06. The second kappa shape index (κ2) is 6.81. The third-order valence-electron chi connectivity index (χ3n) is 2.41. The van der Waals surface area contributed by atoms with Gasteiger partial charge in [0.25, 0.3) is 0 Å². The van der Waals surface area contributed by atoms with Gasteiger partial charge in [-0.15, -0.1) is 12.3 Å². The summed E-state index contributed by atoms with van der Waals surface area (Å²) in [5.41, 5.74) is 1.07. The molecule has 0 aliphatic heterocycles. The van der Waals surface area contributed by atoms with Gasteiger partial charge < -0.3 is 5.32 Å². The lowest BCUT2D eigenvalue weighted by molar-refractivity contribution is 0.528. The van der Waals surface area contributed by atoms with Gasteiger partial charge in [0, 0.05) is 29.1 Å². The van der Waals surface area contributed by atoms with Crippen LogP contribution in [-0.4, -0.2) is 6.54 Å². The smallest absolute Gasteiger partial charge is 0.0468 e. The Hall–Kier alpha value is -0.680. The van der Waals surface area contributed by atoms with Gasteiger partial charge in [-0.25, -0.2) is 0 Å². The van der Waals surface area contributed by atoms with Gasteiger partial charge in [0.05, 0.1) is 0 Å². The van der Waals surface area contributed by atoms with Gasteiger partial charge in [-0.1, -0.05) is 36.2 Å². The Balaban J connectivity index is 2.75. The molecule has 1 aromatic carbocycles. The third kappa shape index (κ3) is 3.72. The van der Waals surface area contributed by atoms with E-state index in [1.165, 1.54) is 0 Å². The quantitative estimate of drug-likeness (QED) is 0.618. The number of hydrogen-bond donors (Lipinski definition) is 1. The molecule has 1 aromatic rings. The number of rotatable bonds is 5. The lowest BCUT2D eigenvalue weighted by atomic mass is 10.0. The molecule has 0 fully saturated rings. The largest absolute Gasteiger partial charge is 0.309 e. The van der Waals surface area contributed by atoms with Gasteiger partial charge in [-0.3, -0.25) is 0 Å². The highest BCUT2D eigenvalue weighted by Crippen LogP contribution is 2.27. The fourth-order valence-electron chi connectivity index (χ4n) is 1.58. The average Bonchev–Trinajstić information content (AvgIpc) is 2.26. The molecule has 0 radical (unpaired) electrons. The molecule has 0 saturated carbocycles. The lowest BCUT2D eigenvalue weighted by Crippen LogP contribution is -2.21. The molecule has 0 amide bonds. The molecule has 0 saturated heterocycles. The second-order valence-corrected chi connectivity index (χ2v) is 4.38. The van der Waals surface area contributed by atoms with E-state index in [0.717, 1.165) is 24.9 Å². The molecule has 0 aliphatic carbocycles. The zero-order valence-corrected chi connectivity index (χ0v) is 10.8. The minimum Gasteiger partial charge on any atom is -0.309 e. The van der Waals surface area contributed by atoms with Crippen molar-refractivity contribution in [2.75, 3.05) is 6.54 Å². The van der Waals surface area contributed by atoms with E-state index in [0.29, 0.717) is 10.0 Å². The van der Waals surface area contributed by atoms with Crippen LogP contribution >= 0.6 is 23.2 Å². The van der Waals surface area contributed by atoms with E-state index in [9.17, 15) is 0 Å². The molecular formula is C13H15Cl2N. The second-order valence-electron chi connectivity index (χ2n) is 3.53. The van der Waals surface area contributed by atoms with Crippen LogP contribution in [0.1, 0.15) is 31.4 Å². The monoisotopic (exact) mass is 255 g/mol. The third-order valence-corrected chi connectivity index (χ3v) is 2.97. The maximum atomic E-state index is 6.15. The van der Waals surface area contributed by atoms with Crippen LogP contribution < -0.4 is 5.32 Å². The first-order valence-electron chi connectivity index (χ1n) is 5.30. The van der Waals surface area contributed by atoms with Crippen LogP contribution in [0, 0.1) is 12.3 Å². The van der Waals surface area contributed by atoms with E-state index in [-0.39, 0.29) is 6.04 Å². The SMILES string of the molecule is C#CCCNC(CC)c1ccc(Cl)cc1Cl. The normalized spacial score (nSPS) is 12.1. The highest BCUT2D eigenvalue weighted by Gasteiger charge is 2.11. The van der Waals surface area contributed by atoms with Gasteiger partial charge >= 0.3 is 0 Å². The van der Waals surface area contributed by atoms with Crippen molar-refractivity contribution in [2.45, 2.75) is 25.8 Å². The Morgan fingerprint density at radius 2 is 2.19 bits per heavy atom. The van der Waals surface area contributed by atoms with Gasteiger partial charge in [0.1, 0.15) is 0 Å². The molecule has 1 N–H and O–H groups in total. The summed E-state index contributed by atoms with van der Waals surface area (Å²) < 4.78 is 0. The van der Waals surface area contributed by atoms with Crippen molar-refractivity contribution < 1.29 is 0 Å². The van der Waals surface area contributed by atoms with Crippen molar-refractivity contribution in [1.82, 2.24) is 5.32 Å². The summed E-state index contributed by atoms with van der Waals surface area (Å²) in [7, 11) is 0. The number of benzene rings is 1. The molecule has 0 heterocycles. The standard InChI is InChI=1S/C13H15Cl2N/c1-3-5-8-16-13(4-2)11-7-6-10(14)9-12(11)15/h1,6-7,9,13,16H,4-5,8H2,2H3. The van der Waals surface area contributed by atoms with E-state index >= 15 is 0 Å². The number of hydrogen-bond acceptors (Lipinski definition) is 1. The van der Waals surface area contributed by atoms with Crippen LogP contribution in [0.4, 0.5) is 0 Å². The summed E-state index contributed by atoms with van der Waals surface area (Å²) in [6, 6.07) is 5.82. The van der Waals surface area contributed by atoms with Gasteiger partial charge in [-0.05, 0) is 24.1 Å². The molecule has 16 heavy (non-hydrogen) atoms. The van der Waals surface area contributed by atoms with E-state index in [2.05, 4.69) is 18.2 Å². The molecular weight excluding hydrogens is 241 g/mol. The molecule has 0 spiro atoms. The molecule has 1 rings (SSSR count). The van der Waals surface area contributed by atoms with E-state index in [1.807, 2.05) is 12.1 Å². The highest BCUT2D eigenvalue weighted by atomic mass is 35.5. The van der Waals surface area contributed by atoms with Crippen molar-refractivity contribution >= 4 is 23.2 Å². The summed E-state index contributed by atoms with van der Waals surface area (Å²) >= 11 is 12.0. The minimum atomic E-state index is 0.234. The predicted molar refractivity (Wildman–Crippen MR) is 70.9 cm³/mol. The van der Waals surface area contributed by atoms with Crippen LogP contribution in [-0.2, 0) is 0 Å². The Morgan fingerprint density at radius 3 is 2.75 bits per heavy atom. The van der Waals surface area contributed by atoms with Gasteiger partial charge in [-0.2, -0.15) is 0 Å². The topological polar surface area (TPSA) is 12.0 Å². The minimum absolute atomic E-state index is 0.234. The first-order chi connectivity index (χ1) is 7.69. The van der Waals surface area contributed by atoms with Crippen LogP contribution in [0.2, 0.25) is 10.0 Å². The summed E-state index contributed by atoms with van der Waals surface area (Å²) in [6.07, 6.45) is 6.90. The van der Waals surface area contributed by atoms with Crippen molar-refractivity contribution in [3.8, 4) is 12.3 Å².